The van der Waals surface area contributed by atoms with Crippen molar-refractivity contribution in [1.29, 1.82) is 0 Å². The summed E-state index contributed by atoms with van der Waals surface area (Å²) in [5, 5.41) is 2.43. The maximum atomic E-state index is 13.0. The van der Waals surface area contributed by atoms with Crippen LogP contribution in [0.4, 0.5) is 5.69 Å². The summed E-state index contributed by atoms with van der Waals surface area (Å²) in [5.41, 5.74) is 5.83. The number of rotatable bonds is 5. The van der Waals surface area contributed by atoms with Crippen LogP contribution in [0, 0.1) is 6.92 Å². The minimum Gasteiger partial charge on any atom is -0.489 e. The second-order valence-electron chi connectivity index (χ2n) is 8.46. The Hall–Kier alpha value is -3.59. The summed E-state index contributed by atoms with van der Waals surface area (Å²) in [4.78, 5) is 14.9. The molecule has 0 saturated heterocycles. The van der Waals surface area contributed by atoms with Gasteiger partial charge in [-0.3, -0.25) is 4.79 Å². The van der Waals surface area contributed by atoms with Crippen molar-refractivity contribution in [3.8, 4) is 5.75 Å². The summed E-state index contributed by atoms with van der Waals surface area (Å²) in [7, 11) is 0. The second kappa shape index (κ2) is 8.51. The quantitative estimate of drug-likeness (QED) is 0.363. The largest absolute Gasteiger partial charge is 0.489 e. The van der Waals surface area contributed by atoms with E-state index in [1.165, 1.54) is 21.9 Å². The maximum absolute atomic E-state index is 13.0. The van der Waals surface area contributed by atoms with Gasteiger partial charge in [-0.05, 0) is 59.5 Å². The van der Waals surface area contributed by atoms with Crippen LogP contribution in [0.3, 0.4) is 0 Å². The van der Waals surface area contributed by atoms with Gasteiger partial charge >= 0.3 is 0 Å². The van der Waals surface area contributed by atoms with Crippen LogP contribution in [0.2, 0.25) is 0 Å². The molecule has 0 fully saturated rings. The number of nitrogens with zero attached hydrogens (tertiary/aromatic N) is 1. The number of fused-ring (bicyclic) bond motifs is 3. The van der Waals surface area contributed by atoms with E-state index in [1.54, 1.807) is 0 Å². The van der Waals surface area contributed by atoms with Gasteiger partial charge < -0.3 is 9.64 Å². The minimum atomic E-state index is 0.0394. The van der Waals surface area contributed by atoms with Gasteiger partial charge in [-0.25, -0.2) is 0 Å². The molecule has 5 rings (SSSR count). The van der Waals surface area contributed by atoms with Crippen LogP contribution < -0.4 is 9.64 Å². The summed E-state index contributed by atoms with van der Waals surface area (Å²) >= 11 is 0. The van der Waals surface area contributed by atoms with Gasteiger partial charge in [-0.1, -0.05) is 72.3 Å². The van der Waals surface area contributed by atoms with E-state index in [0.717, 1.165) is 22.6 Å². The third-order valence-electron chi connectivity index (χ3n) is 6.39. The number of amides is 1. The molecule has 0 saturated carbocycles. The Labute approximate surface area is 189 Å². The van der Waals surface area contributed by atoms with E-state index in [1.807, 2.05) is 24.0 Å². The topological polar surface area (TPSA) is 29.5 Å². The fraction of sp³-hybridized carbons (Fsp3) is 0.207. The number of ether oxygens (including phenoxy) is 1. The van der Waals surface area contributed by atoms with Crippen molar-refractivity contribution in [1.82, 2.24) is 0 Å². The van der Waals surface area contributed by atoms with Gasteiger partial charge in [0.05, 0.1) is 0 Å². The first kappa shape index (κ1) is 20.3. The van der Waals surface area contributed by atoms with Crippen LogP contribution in [0.1, 0.15) is 41.5 Å². The molecule has 1 aliphatic rings. The van der Waals surface area contributed by atoms with Crippen molar-refractivity contribution in [3.05, 3.63) is 107 Å². The molecule has 1 unspecified atom stereocenters. The summed E-state index contributed by atoms with van der Waals surface area (Å²) in [5.74, 6) is 1.06. The number of anilines is 1. The van der Waals surface area contributed by atoms with Crippen molar-refractivity contribution in [2.45, 2.75) is 32.8 Å². The van der Waals surface area contributed by atoms with Crippen LogP contribution >= 0.6 is 0 Å². The summed E-state index contributed by atoms with van der Waals surface area (Å²) in [6.45, 7) is 5.35. The molecule has 0 aliphatic carbocycles. The molecule has 0 aromatic heterocycles. The number of benzene rings is 4. The Morgan fingerprint density at radius 1 is 0.906 bits per heavy atom. The van der Waals surface area contributed by atoms with Crippen molar-refractivity contribution >= 4 is 22.4 Å². The van der Waals surface area contributed by atoms with Gasteiger partial charge in [0.15, 0.2) is 0 Å². The SMILES string of the molecule is CCN1C(=O)CC(c2ccc(OCc3ccc(C)cc3)cc2)c2c1ccc1ccccc21. The van der Waals surface area contributed by atoms with E-state index in [-0.39, 0.29) is 11.8 Å². The Bertz CT molecular complexity index is 1260. The van der Waals surface area contributed by atoms with Crippen LogP contribution in [-0.4, -0.2) is 12.5 Å². The number of hydrogen-bond donors (Lipinski definition) is 0. The van der Waals surface area contributed by atoms with Gasteiger partial charge in [-0.2, -0.15) is 0 Å². The predicted octanol–water partition coefficient (Wildman–Crippen LogP) is 6.62. The molecule has 0 spiro atoms. The highest BCUT2D eigenvalue weighted by atomic mass is 16.5. The van der Waals surface area contributed by atoms with Crippen LogP contribution in [-0.2, 0) is 11.4 Å². The third kappa shape index (κ3) is 3.75. The first-order valence-corrected chi connectivity index (χ1v) is 11.2. The van der Waals surface area contributed by atoms with E-state index >= 15 is 0 Å². The smallest absolute Gasteiger partial charge is 0.227 e. The number of aryl methyl sites for hydroxylation is 1. The molecule has 1 aliphatic heterocycles. The Kier molecular flexibility index (Phi) is 5.40. The van der Waals surface area contributed by atoms with E-state index in [4.69, 9.17) is 4.74 Å². The number of hydrogen-bond acceptors (Lipinski definition) is 2. The zero-order chi connectivity index (χ0) is 22.1. The zero-order valence-electron chi connectivity index (χ0n) is 18.5. The number of carbonyl (C=O) groups is 1. The highest BCUT2D eigenvalue weighted by Crippen LogP contribution is 2.44. The molecule has 3 heteroatoms. The molecule has 4 aromatic rings. The van der Waals surface area contributed by atoms with Crippen LogP contribution in [0.25, 0.3) is 10.8 Å². The zero-order valence-corrected chi connectivity index (χ0v) is 18.5. The molecule has 4 aromatic carbocycles. The highest BCUT2D eigenvalue weighted by molar-refractivity contribution is 6.03. The molecule has 1 amide bonds. The Morgan fingerprint density at radius 2 is 1.66 bits per heavy atom. The predicted molar refractivity (Wildman–Crippen MR) is 130 cm³/mol. The lowest BCUT2D eigenvalue weighted by Gasteiger charge is -2.34. The van der Waals surface area contributed by atoms with E-state index in [9.17, 15) is 4.79 Å². The van der Waals surface area contributed by atoms with Crippen molar-refractivity contribution < 1.29 is 9.53 Å². The van der Waals surface area contributed by atoms with E-state index in [0.29, 0.717) is 19.6 Å². The highest BCUT2D eigenvalue weighted by Gasteiger charge is 2.32. The summed E-state index contributed by atoms with van der Waals surface area (Å²) in [6.07, 6.45) is 0.485. The molecule has 1 heterocycles. The fourth-order valence-corrected chi connectivity index (χ4v) is 4.69. The molecule has 160 valence electrons. The minimum absolute atomic E-state index is 0.0394. The lowest BCUT2D eigenvalue weighted by molar-refractivity contribution is -0.119. The Morgan fingerprint density at radius 3 is 2.41 bits per heavy atom. The maximum Gasteiger partial charge on any atom is 0.227 e. The molecule has 0 N–H and O–H groups in total. The molecule has 1 atom stereocenters. The van der Waals surface area contributed by atoms with Gasteiger partial charge in [0.2, 0.25) is 5.91 Å². The lowest BCUT2D eigenvalue weighted by atomic mass is 9.81. The molecule has 32 heavy (non-hydrogen) atoms. The molecular weight excluding hydrogens is 394 g/mol. The fourth-order valence-electron chi connectivity index (χ4n) is 4.69. The van der Waals surface area contributed by atoms with Gasteiger partial charge in [0.1, 0.15) is 12.4 Å². The Balaban J connectivity index is 1.46. The third-order valence-corrected chi connectivity index (χ3v) is 6.39. The van der Waals surface area contributed by atoms with Gasteiger partial charge in [0, 0.05) is 24.6 Å². The van der Waals surface area contributed by atoms with Crippen LogP contribution in [0.15, 0.2) is 84.9 Å². The molecule has 0 bridgehead atoms. The van der Waals surface area contributed by atoms with Crippen LogP contribution in [0.5, 0.6) is 5.75 Å². The summed E-state index contributed by atoms with van der Waals surface area (Å²) < 4.78 is 5.99. The monoisotopic (exact) mass is 421 g/mol. The van der Waals surface area contributed by atoms with Gasteiger partial charge in [-0.15, -0.1) is 0 Å². The second-order valence-corrected chi connectivity index (χ2v) is 8.46. The van der Waals surface area contributed by atoms with E-state index < -0.39 is 0 Å². The first-order chi connectivity index (χ1) is 15.6. The van der Waals surface area contributed by atoms with Crippen molar-refractivity contribution in [2.75, 3.05) is 11.4 Å². The average Bonchev–Trinajstić information content (AvgIpc) is 2.83. The molecule has 3 nitrogen and oxygen atoms in total. The summed E-state index contributed by atoms with van der Waals surface area (Å²) in [6, 6.07) is 29.3. The molecule has 0 radical (unpaired) electrons. The molecular formula is C29H27NO2. The van der Waals surface area contributed by atoms with E-state index in [2.05, 4.69) is 79.7 Å². The number of carbonyl (C=O) groups excluding carboxylic acids is 1. The normalized spacial score (nSPS) is 15.6. The average molecular weight is 422 g/mol. The standard InChI is InChI=1S/C29H27NO2/c1-3-30-27-17-14-22-6-4-5-7-25(22)29(27)26(18-28(30)31)23-12-15-24(16-13-23)32-19-21-10-8-20(2)9-11-21/h4-17,26H,3,18-19H2,1-2H3. The first-order valence-electron chi connectivity index (χ1n) is 11.2. The lowest BCUT2D eigenvalue weighted by Crippen LogP contribution is -2.36. The van der Waals surface area contributed by atoms with Crippen molar-refractivity contribution in [3.63, 3.8) is 0 Å². The van der Waals surface area contributed by atoms with Crippen molar-refractivity contribution in [2.24, 2.45) is 0 Å². The van der Waals surface area contributed by atoms with Gasteiger partial charge in [0.25, 0.3) is 0 Å².